The lowest BCUT2D eigenvalue weighted by Crippen LogP contribution is -2.45. The van der Waals surface area contributed by atoms with Gasteiger partial charge in [0.25, 0.3) is 5.92 Å². The van der Waals surface area contributed by atoms with E-state index in [2.05, 4.69) is 30.1 Å². The molecule has 0 bridgehead atoms. The standard InChI is InChI=1S/C13H25N3.C9H10F2/c1-3-5-6-12(4-2)11-13(14)16-9-7-15-8-10-16;1-7-3-5-8(6-4-7)9(2,10)11/h11,14-15H,3-10H2,1-2H3;3-6H,1-2H3/b12-11-,14-13?;. The number of rotatable bonds is 6. The predicted molar refractivity (Wildman–Crippen MR) is 111 cm³/mol. The van der Waals surface area contributed by atoms with Gasteiger partial charge in [0.1, 0.15) is 5.84 Å². The third-order valence-corrected chi connectivity index (χ3v) is 4.66. The summed E-state index contributed by atoms with van der Waals surface area (Å²) in [7, 11) is 0. The van der Waals surface area contributed by atoms with Gasteiger partial charge >= 0.3 is 0 Å². The molecule has 152 valence electrons. The van der Waals surface area contributed by atoms with Crippen LogP contribution in [0.5, 0.6) is 0 Å². The zero-order valence-electron chi connectivity index (χ0n) is 17.2. The van der Waals surface area contributed by atoms with Crippen molar-refractivity contribution >= 4 is 5.84 Å². The van der Waals surface area contributed by atoms with Gasteiger partial charge in [0.05, 0.1) is 0 Å². The van der Waals surface area contributed by atoms with Gasteiger partial charge < -0.3 is 10.2 Å². The fourth-order valence-electron chi connectivity index (χ4n) is 2.79. The molecule has 5 heteroatoms. The molecule has 1 aromatic carbocycles. The number of amidine groups is 1. The molecule has 0 amide bonds. The van der Waals surface area contributed by atoms with Gasteiger partial charge in [-0.2, -0.15) is 0 Å². The highest BCUT2D eigenvalue weighted by molar-refractivity contribution is 5.90. The molecule has 0 spiro atoms. The Hall–Kier alpha value is -1.75. The molecule has 0 radical (unpaired) electrons. The fraction of sp³-hybridized carbons (Fsp3) is 0.591. The quantitative estimate of drug-likeness (QED) is 0.506. The minimum absolute atomic E-state index is 0.0723. The summed E-state index contributed by atoms with van der Waals surface area (Å²) in [6.45, 7) is 11.1. The topological polar surface area (TPSA) is 39.1 Å². The third-order valence-electron chi connectivity index (χ3n) is 4.66. The second-order valence-electron chi connectivity index (χ2n) is 7.14. The van der Waals surface area contributed by atoms with Crippen LogP contribution >= 0.6 is 0 Å². The second kappa shape index (κ2) is 11.9. The highest BCUT2D eigenvalue weighted by atomic mass is 19.3. The first-order valence-electron chi connectivity index (χ1n) is 9.96. The molecule has 0 atom stereocenters. The Morgan fingerprint density at radius 2 is 1.78 bits per heavy atom. The summed E-state index contributed by atoms with van der Waals surface area (Å²) in [5.74, 6) is -2.01. The first-order valence-corrected chi connectivity index (χ1v) is 9.96. The SMILES string of the molecule is CCCC/C(=C\C(=N)N1CCNCC1)CC.Cc1ccc(C(C)(F)F)cc1. The lowest BCUT2D eigenvalue weighted by atomic mass is 10.1. The van der Waals surface area contributed by atoms with E-state index in [1.807, 2.05) is 6.92 Å². The maximum absolute atomic E-state index is 12.6. The monoisotopic (exact) mass is 379 g/mol. The zero-order valence-corrected chi connectivity index (χ0v) is 17.2. The van der Waals surface area contributed by atoms with Crippen molar-refractivity contribution in [3.63, 3.8) is 0 Å². The lowest BCUT2D eigenvalue weighted by Gasteiger charge is -2.28. The van der Waals surface area contributed by atoms with Crippen molar-refractivity contribution in [2.75, 3.05) is 26.2 Å². The van der Waals surface area contributed by atoms with E-state index in [0.29, 0.717) is 5.84 Å². The summed E-state index contributed by atoms with van der Waals surface area (Å²) in [6, 6.07) is 6.28. The molecule has 3 nitrogen and oxygen atoms in total. The minimum atomic E-state index is -2.71. The Balaban J connectivity index is 0.000000289. The molecule has 1 aliphatic rings. The number of allylic oxidation sites excluding steroid dienone is 1. The van der Waals surface area contributed by atoms with Gasteiger partial charge in [-0.25, -0.2) is 8.78 Å². The smallest absolute Gasteiger partial charge is 0.270 e. The number of alkyl halides is 2. The van der Waals surface area contributed by atoms with Crippen molar-refractivity contribution in [3.05, 3.63) is 47.0 Å². The molecule has 0 saturated carbocycles. The molecule has 1 aromatic rings. The lowest BCUT2D eigenvalue weighted by molar-refractivity contribution is 0.0174. The van der Waals surface area contributed by atoms with Crippen LogP contribution in [0.4, 0.5) is 8.78 Å². The molecule has 1 aliphatic heterocycles. The van der Waals surface area contributed by atoms with Crippen LogP contribution in [0.15, 0.2) is 35.9 Å². The van der Waals surface area contributed by atoms with Gasteiger partial charge in [-0.1, -0.05) is 55.7 Å². The number of hydrogen-bond donors (Lipinski definition) is 2. The average Bonchev–Trinajstić information content (AvgIpc) is 2.65. The Morgan fingerprint density at radius 3 is 2.26 bits per heavy atom. The number of hydrogen-bond acceptors (Lipinski definition) is 2. The average molecular weight is 380 g/mol. The molecule has 0 aliphatic carbocycles. The van der Waals surface area contributed by atoms with Gasteiger partial charge in [-0.05, 0) is 32.3 Å². The third kappa shape index (κ3) is 9.14. The van der Waals surface area contributed by atoms with Crippen LogP contribution in [0.2, 0.25) is 0 Å². The van der Waals surface area contributed by atoms with Crippen molar-refractivity contribution in [1.82, 2.24) is 10.2 Å². The minimum Gasteiger partial charge on any atom is -0.355 e. The van der Waals surface area contributed by atoms with Gasteiger partial charge in [0.15, 0.2) is 0 Å². The molecular weight excluding hydrogens is 344 g/mol. The Kier molecular flexibility index (Phi) is 10.2. The molecule has 1 heterocycles. The Bertz CT molecular complexity index is 583. The van der Waals surface area contributed by atoms with E-state index in [4.69, 9.17) is 5.41 Å². The maximum Gasteiger partial charge on any atom is 0.270 e. The number of nitrogens with zero attached hydrogens (tertiary/aromatic N) is 1. The van der Waals surface area contributed by atoms with Gasteiger partial charge in [0, 0.05) is 38.7 Å². The number of unbranched alkanes of at least 4 members (excludes halogenated alkanes) is 1. The highest BCUT2D eigenvalue weighted by Gasteiger charge is 2.23. The van der Waals surface area contributed by atoms with E-state index in [9.17, 15) is 8.78 Å². The van der Waals surface area contributed by atoms with Crippen LogP contribution in [-0.4, -0.2) is 36.9 Å². The summed E-state index contributed by atoms with van der Waals surface area (Å²) in [6.07, 6.45) is 6.80. The predicted octanol–water partition coefficient (Wildman–Crippen LogP) is 5.50. The van der Waals surface area contributed by atoms with Crippen molar-refractivity contribution in [2.45, 2.75) is 59.3 Å². The van der Waals surface area contributed by atoms with E-state index in [1.165, 1.54) is 30.5 Å². The van der Waals surface area contributed by atoms with Crippen LogP contribution in [-0.2, 0) is 5.92 Å². The summed E-state index contributed by atoms with van der Waals surface area (Å²) >= 11 is 0. The van der Waals surface area contributed by atoms with E-state index in [1.54, 1.807) is 12.1 Å². The van der Waals surface area contributed by atoms with E-state index >= 15 is 0 Å². The largest absolute Gasteiger partial charge is 0.355 e. The van der Waals surface area contributed by atoms with Gasteiger partial charge in [-0.3, -0.25) is 5.41 Å². The first-order chi connectivity index (χ1) is 12.8. The van der Waals surface area contributed by atoms with Gasteiger partial charge in [0.2, 0.25) is 0 Å². The van der Waals surface area contributed by atoms with Crippen molar-refractivity contribution < 1.29 is 8.78 Å². The van der Waals surface area contributed by atoms with Crippen LogP contribution in [0, 0.1) is 12.3 Å². The van der Waals surface area contributed by atoms with Crippen molar-refractivity contribution in [3.8, 4) is 0 Å². The Morgan fingerprint density at radius 1 is 1.19 bits per heavy atom. The van der Waals surface area contributed by atoms with Gasteiger partial charge in [-0.15, -0.1) is 0 Å². The molecule has 0 aromatic heterocycles. The highest BCUT2D eigenvalue weighted by Crippen LogP contribution is 2.26. The van der Waals surface area contributed by atoms with Crippen LogP contribution in [0.25, 0.3) is 0 Å². The van der Waals surface area contributed by atoms with Crippen LogP contribution in [0.1, 0.15) is 57.6 Å². The summed E-state index contributed by atoms with van der Waals surface area (Å²) < 4.78 is 25.2. The van der Waals surface area contributed by atoms with Crippen LogP contribution in [0.3, 0.4) is 0 Å². The molecular formula is C22H35F2N3. The van der Waals surface area contributed by atoms with E-state index in [0.717, 1.165) is 51.5 Å². The zero-order chi connectivity index (χ0) is 20.3. The number of nitrogens with one attached hydrogen (secondary N) is 2. The summed E-state index contributed by atoms with van der Waals surface area (Å²) in [4.78, 5) is 2.16. The number of aryl methyl sites for hydroxylation is 1. The van der Waals surface area contributed by atoms with Crippen LogP contribution < -0.4 is 5.32 Å². The second-order valence-corrected chi connectivity index (χ2v) is 7.14. The normalized spacial score (nSPS) is 15.2. The number of benzene rings is 1. The molecule has 0 unspecified atom stereocenters. The number of halogens is 2. The summed E-state index contributed by atoms with van der Waals surface area (Å²) in [5, 5.41) is 11.4. The van der Waals surface area contributed by atoms with E-state index in [-0.39, 0.29) is 5.56 Å². The van der Waals surface area contributed by atoms with Crippen molar-refractivity contribution in [2.24, 2.45) is 0 Å². The van der Waals surface area contributed by atoms with Crippen molar-refractivity contribution in [1.29, 1.82) is 5.41 Å². The fourth-order valence-corrected chi connectivity index (χ4v) is 2.79. The molecule has 2 N–H and O–H groups in total. The maximum atomic E-state index is 12.6. The Labute approximate surface area is 163 Å². The first kappa shape index (κ1) is 23.3. The molecule has 2 rings (SSSR count). The molecule has 1 saturated heterocycles. The number of piperazine rings is 1. The molecule has 27 heavy (non-hydrogen) atoms. The molecule has 1 fully saturated rings. The summed E-state index contributed by atoms with van der Waals surface area (Å²) in [5.41, 5.74) is 2.49. The van der Waals surface area contributed by atoms with E-state index < -0.39 is 5.92 Å².